The van der Waals surface area contributed by atoms with Gasteiger partial charge in [0.2, 0.25) is 0 Å². The fraction of sp³-hybridized carbons (Fsp3) is 0.261. The molecule has 251 valence electrons. The maximum atomic E-state index is 6.53. The van der Waals surface area contributed by atoms with Crippen molar-refractivity contribution in [2.75, 3.05) is 0 Å². The molecule has 0 saturated carbocycles. The molecule has 5 rings (SSSR count). The molecule has 5 aromatic rings. The van der Waals surface area contributed by atoms with E-state index in [4.69, 9.17) is 4.43 Å². The number of hydrogen-bond acceptors (Lipinski definition) is 1. The molecule has 0 aliphatic carbocycles. The summed E-state index contributed by atoms with van der Waals surface area (Å²) in [7, 11) is -1.42. The zero-order valence-electron chi connectivity index (χ0n) is 31.7. The molecule has 0 unspecified atom stereocenters. The molecule has 1 nitrogen and oxygen atoms in total. The van der Waals surface area contributed by atoms with Crippen LogP contribution in [0, 0.1) is 83.1 Å². The maximum absolute atomic E-state index is 6.53. The predicted molar refractivity (Wildman–Crippen MR) is 218 cm³/mol. The minimum atomic E-state index is -1.42. The van der Waals surface area contributed by atoms with Gasteiger partial charge in [0.1, 0.15) is 0 Å². The number of benzene rings is 5. The maximum Gasteiger partial charge on any atom is 0.353 e. The van der Waals surface area contributed by atoms with Crippen LogP contribution in [0.1, 0.15) is 72.3 Å². The zero-order chi connectivity index (χ0) is 35.8. The van der Waals surface area contributed by atoms with Gasteiger partial charge in [-0.25, -0.2) is 0 Å². The molecular weight excluding hydrogens is 669 g/mol. The van der Waals surface area contributed by atoms with Gasteiger partial charge in [-0.1, -0.05) is 77.9 Å². The molecule has 0 bridgehead atoms. The first-order valence-corrected chi connectivity index (χ1v) is 20.8. The van der Waals surface area contributed by atoms with Crippen molar-refractivity contribution in [2.45, 2.75) is 83.1 Å². The summed E-state index contributed by atoms with van der Waals surface area (Å²) in [5.41, 5.74) is 17.7. The van der Waals surface area contributed by atoms with E-state index in [2.05, 4.69) is 150 Å². The first-order valence-electron chi connectivity index (χ1n) is 17.3. The molecule has 0 N–H and O–H groups in total. The predicted octanol–water partition coefficient (Wildman–Crippen LogP) is 9.08. The molecule has 0 heterocycles. The SMILES string of the molecule is Cc1cc(C)[c]([Ge][c]2c(C)cc(C)cc2C)c(C)c1.Cc1cc(C)c([Si](O/C=C\C=C\c2ccccc2)c2c(C)cc(C)cc2C)c(C)c1. The van der Waals surface area contributed by atoms with E-state index < -0.39 is 9.04 Å². The average molecular weight is 723 g/mol. The van der Waals surface area contributed by atoms with Crippen molar-refractivity contribution in [1.82, 2.24) is 0 Å². The quantitative estimate of drug-likeness (QED) is 0.0883. The van der Waals surface area contributed by atoms with Crippen LogP contribution < -0.4 is 19.2 Å². The average Bonchev–Trinajstić information content (AvgIpc) is 2.99. The van der Waals surface area contributed by atoms with Gasteiger partial charge in [-0.2, -0.15) is 0 Å². The Kier molecular flexibility index (Phi) is 13.3. The molecule has 0 aromatic heterocycles. The first-order chi connectivity index (χ1) is 23.2. The summed E-state index contributed by atoms with van der Waals surface area (Å²) in [6.45, 7) is 26.6. The van der Waals surface area contributed by atoms with E-state index in [9.17, 15) is 0 Å². The molecule has 3 radical (unpaired) electrons. The van der Waals surface area contributed by atoms with Gasteiger partial charge in [-0.15, -0.1) is 0 Å². The molecule has 49 heavy (non-hydrogen) atoms. The molecule has 3 heteroatoms. The van der Waals surface area contributed by atoms with E-state index >= 15 is 0 Å². The monoisotopic (exact) mass is 723 g/mol. The summed E-state index contributed by atoms with van der Waals surface area (Å²) in [6.07, 6.45) is 8.00. The van der Waals surface area contributed by atoms with Crippen LogP contribution in [0.2, 0.25) is 0 Å². The van der Waals surface area contributed by atoms with Crippen LogP contribution >= 0.6 is 0 Å². The van der Waals surface area contributed by atoms with Crippen LogP contribution in [0.25, 0.3) is 6.08 Å². The van der Waals surface area contributed by atoms with E-state index in [0.29, 0.717) is 0 Å². The normalized spacial score (nSPS) is 11.4. The van der Waals surface area contributed by atoms with E-state index in [1.165, 1.54) is 82.7 Å². The summed E-state index contributed by atoms with van der Waals surface area (Å²) in [5.74, 6) is 0. The van der Waals surface area contributed by atoms with E-state index in [0.717, 1.165) is 0 Å². The van der Waals surface area contributed by atoms with Gasteiger partial charge in [-0.3, -0.25) is 0 Å². The third-order valence-corrected chi connectivity index (χ3v) is 16.1. The molecular formula is C46H53GeOSi. The van der Waals surface area contributed by atoms with Gasteiger partial charge in [0, 0.05) is 0 Å². The Bertz CT molecular complexity index is 1780. The second-order valence-electron chi connectivity index (χ2n) is 13.8. The molecule has 5 aromatic carbocycles. The van der Waals surface area contributed by atoms with Crippen molar-refractivity contribution in [2.24, 2.45) is 0 Å². The van der Waals surface area contributed by atoms with Gasteiger partial charge >= 0.3 is 132 Å². The molecule has 0 saturated heterocycles. The Morgan fingerprint density at radius 1 is 0.449 bits per heavy atom. The van der Waals surface area contributed by atoms with Gasteiger partial charge in [0.05, 0.1) is 6.26 Å². The molecule has 0 spiro atoms. The van der Waals surface area contributed by atoms with E-state index in [-0.39, 0.29) is 15.4 Å². The fourth-order valence-corrected chi connectivity index (χ4v) is 12.3. The summed E-state index contributed by atoms with van der Waals surface area (Å²) in [5, 5.41) is 2.72. The van der Waals surface area contributed by atoms with Crippen molar-refractivity contribution >= 4 is 49.7 Å². The Balaban J connectivity index is 0.000000244. The summed E-state index contributed by atoms with van der Waals surface area (Å²) >= 11 is -0.239. The van der Waals surface area contributed by atoms with Crippen LogP contribution in [-0.4, -0.2) is 24.5 Å². The third kappa shape index (κ3) is 10.1. The summed E-state index contributed by atoms with van der Waals surface area (Å²) in [4.78, 5) is 0. The Morgan fingerprint density at radius 2 is 0.796 bits per heavy atom. The standard InChI is InChI=1S/C28H31OSi.C18H22Ge/c1-20-16-22(3)27(23(4)17-20)30(28-24(5)18-21(2)19-25(28)6)29-15-11-10-14-26-12-8-7-9-13-26;1-11-7-13(3)17(14(4)8-11)19-18-15(5)9-12(2)10-16(18)6/h7-19H,1-6H3;7-10H,1-6H3/b14-10+,15-11-;. The Hall–Kier alpha value is -3.86. The van der Waals surface area contributed by atoms with Gasteiger partial charge in [0.25, 0.3) is 0 Å². The topological polar surface area (TPSA) is 9.23 Å². The second kappa shape index (κ2) is 17.2. The molecule has 0 aliphatic rings. The van der Waals surface area contributed by atoms with Crippen molar-refractivity contribution in [3.63, 3.8) is 0 Å². The summed E-state index contributed by atoms with van der Waals surface area (Å²) < 4.78 is 9.75. The molecule has 0 atom stereocenters. The number of allylic oxidation sites excluding steroid dienone is 2. The molecule has 0 aliphatic heterocycles. The van der Waals surface area contributed by atoms with Crippen molar-refractivity contribution in [3.8, 4) is 0 Å². The number of aryl methyl sites for hydroxylation is 12. The molecule has 0 amide bonds. The van der Waals surface area contributed by atoms with Crippen molar-refractivity contribution in [3.05, 3.63) is 170 Å². The van der Waals surface area contributed by atoms with E-state index in [1.807, 2.05) is 36.6 Å². The van der Waals surface area contributed by atoms with Crippen LogP contribution in [0.5, 0.6) is 0 Å². The number of rotatable bonds is 8. The van der Waals surface area contributed by atoms with Gasteiger partial charge in [0.15, 0.2) is 0 Å². The first kappa shape index (κ1) is 37.9. The fourth-order valence-electron chi connectivity index (χ4n) is 7.08. The smallest absolute Gasteiger partial charge is 0.353 e. The Labute approximate surface area is 305 Å². The van der Waals surface area contributed by atoms with Crippen molar-refractivity contribution in [1.29, 1.82) is 0 Å². The minimum absolute atomic E-state index is 0.239. The van der Waals surface area contributed by atoms with Gasteiger partial charge in [-0.05, 0) is 85.8 Å². The largest absolute Gasteiger partial charge is 0.538 e. The van der Waals surface area contributed by atoms with Crippen LogP contribution in [0.15, 0.2) is 97.3 Å². The van der Waals surface area contributed by atoms with Gasteiger partial charge < -0.3 is 4.43 Å². The van der Waals surface area contributed by atoms with E-state index in [1.54, 1.807) is 8.79 Å². The zero-order valence-corrected chi connectivity index (χ0v) is 34.8. The van der Waals surface area contributed by atoms with Crippen LogP contribution in [0.3, 0.4) is 0 Å². The van der Waals surface area contributed by atoms with Crippen LogP contribution in [-0.2, 0) is 4.43 Å². The second-order valence-corrected chi connectivity index (χ2v) is 18.3. The minimum Gasteiger partial charge on any atom is -0.538 e. The van der Waals surface area contributed by atoms with Crippen molar-refractivity contribution < 1.29 is 4.43 Å². The van der Waals surface area contributed by atoms with Crippen LogP contribution in [0.4, 0.5) is 0 Å². The molecule has 0 fully saturated rings. The summed E-state index contributed by atoms with van der Waals surface area (Å²) in [6, 6.07) is 28.7. The number of hydrogen-bond donors (Lipinski definition) is 0. The third-order valence-electron chi connectivity index (χ3n) is 8.88. The Morgan fingerprint density at radius 3 is 1.16 bits per heavy atom.